The van der Waals surface area contributed by atoms with Crippen LogP contribution >= 0.6 is 34.8 Å². The summed E-state index contributed by atoms with van der Waals surface area (Å²) in [7, 11) is 1.75. The maximum atomic E-state index is 12.1. The van der Waals surface area contributed by atoms with Crippen LogP contribution in [0.1, 0.15) is 0 Å². The number of Topliss-reactive ketones (excluding diaryl/α,β-unsaturated/α-hetero) is 2. The summed E-state index contributed by atoms with van der Waals surface area (Å²) in [6.07, 6.45) is 0. The van der Waals surface area contributed by atoms with Gasteiger partial charge in [-0.25, -0.2) is 4.79 Å². The molecule has 11 heteroatoms. The molecule has 0 unspecified atom stereocenters. The largest absolute Gasteiger partial charge is 0.468 e. The predicted octanol–water partition coefficient (Wildman–Crippen LogP) is 1.69. The molecule has 1 amide bonds. The van der Waals surface area contributed by atoms with E-state index in [9.17, 15) is 24.0 Å². The van der Waals surface area contributed by atoms with E-state index in [1.165, 1.54) is 6.07 Å². The highest BCUT2D eigenvalue weighted by atomic mass is 35.5. The Kier molecular flexibility index (Phi) is 7.35. The number of esters is 2. The topological polar surface area (TPSA) is 116 Å². The first-order chi connectivity index (χ1) is 11.6. The fourth-order valence-electron chi connectivity index (χ4n) is 1.60. The number of rotatable bonds is 6. The van der Waals surface area contributed by atoms with Crippen molar-refractivity contribution in [1.82, 2.24) is 0 Å². The van der Waals surface area contributed by atoms with Gasteiger partial charge in [0.25, 0.3) is 11.7 Å². The molecule has 0 saturated carbocycles. The van der Waals surface area contributed by atoms with Crippen LogP contribution in [0.5, 0.6) is 0 Å². The fraction of sp³-hybridized carbons (Fsp3) is 0.214. The van der Waals surface area contributed by atoms with E-state index in [-0.39, 0.29) is 20.8 Å². The summed E-state index contributed by atoms with van der Waals surface area (Å²) in [6, 6.07) is 2.37. The molecular weight excluding hydrogens is 401 g/mol. The van der Waals surface area contributed by atoms with E-state index in [0.29, 0.717) is 0 Å². The maximum Gasteiger partial charge on any atom is 0.375 e. The Morgan fingerprint density at radius 2 is 1.44 bits per heavy atom. The number of benzene rings is 1. The number of ketones is 2. The molecule has 25 heavy (non-hydrogen) atoms. The van der Waals surface area contributed by atoms with Crippen LogP contribution in [0.15, 0.2) is 12.1 Å². The predicted molar refractivity (Wildman–Crippen MR) is 87.6 cm³/mol. The molecule has 0 heterocycles. The lowest BCUT2D eigenvalue weighted by molar-refractivity contribution is -0.163. The highest BCUT2D eigenvalue weighted by molar-refractivity contribution is 6.55. The summed E-state index contributed by atoms with van der Waals surface area (Å²) in [5.41, 5.74) is -0.0939. The lowest BCUT2D eigenvalue weighted by atomic mass is 9.98. The zero-order valence-electron chi connectivity index (χ0n) is 12.7. The molecule has 1 rings (SSSR count). The van der Waals surface area contributed by atoms with E-state index in [0.717, 1.165) is 20.3 Å². The van der Waals surface area contributed by atoms with E-state index in [2.05, 4.69) is 14.8 Å². The normalized spacial score (nSPS) is 11.2. The van der Waals surface area contributed by atoms with E-state index in [1.54, 1.807) is 0 Å². The summed E-state index contributed by atoms with van der Waals surface area (Å²) in [4.78, 5) is 58.9. The number of carbonyl (C=O) groups excluding carboxylic acids is 5. The second kappa shape index (κ2) is 8.80. The van der Waals surface area contributed by atoms with E-state index >= 15 is 0 Å². The van der Waals surface area contributed by atoms with Crippen molar-refractivity contribution < 1.29 is 33.4 Å². The monoisotopic (exact) mass is 409 g/mol. The number of amides is 1. The van der Waals surface area contributed by atoms with Crippen molar-refractivity contribution in [2.45, 2.75) is 0 Å². The number of halogens is 3. The number of anilines is 1. The van der Waals surface area contributed by atoms with Gasteiger partial charge >= 0.3 is 11.9 Å². The Balaban J connectivity index is 3.11. The molecule has 0 spiro atoms. The average molecular weight is 411 g/mol. The van der Waals surface area contributed by atoms with Gasteiger partial charge in [0.2, 0.25) is 5.78 Å². The number of nitrogens with one attached hydrogen (secondary N) is 1. The molecular formula is C14H10Cl3NO7. The highest BCUT2D eigenvalue weighted by Crippen LogP contribution is 2.32. The molecule has 134 valence electrons. The minimum Gasteiger partial charge on any atom is -0.468 e. The van der Waals surface area contributed by atoms with Gasteiger partial charge in [-0.2, -0.15) is 0 Å². The van der Waals surface area contributed by atoms with Crippen LogP contribution in [-0.4, -0.2) is 43.6 Å². The number of hydrogen-bond acceptors (Lipinski definition) is 7. The number of carbonyl (C=O) groups is 5. The second-order valence-electron chi connectivity index (χ2n) is 4.38. The van der Waals surface area contributed by atoms with Gasteiger partial charge in [0.1, 0.15) is 0 Å². The third-order valence-electron chi connectivity index (χ3n) is 2.83. The van der Waals surface area contributed by atoms with Gasteiger partial charge in [-0.05, 0) is 12.1 Å². The molecule has 1 N–H and O–H groups in total. The summed E-state index contributed by atoms with van der Waals surface area (Å²) >= 11 is 17.4. The van der Waals surface area contributed by atoms with Crippen LogP contribution < -0.4 is 5.32 Å². The van der Waals surface area contributed by atoms with Gasteiger partial charge in [0, 0.05) is 0 Å². The van der Waals surface area contributed by atoms with Crippen molar-refractivity contribution in [1.29, 1.82) is 0 Å². The fourth-order valence-corrected chi connectivity index (χ4v) is 2.20. The van der Waals surface area contributed by atoms with Crippen LogP contribution in [0, 0.1) is 5.92 Å². The smallest absolute Gasteiger partial charge is 0.375 e. The van der Waals surface area contributed by atoms with Gasteiger partial charge in [-0.3, -0.25) is 19.2 Å². The number of hydrogen-bond donors (Lipinski definition) is 1. The quantitative estimate of drug-likeness (QED) is 0.328. The molecule has 1 atom stereocenters. The molecule has 0 fully saturated rings. The summed E-state index contributed by atoms with van der Waals surface area (Å²) in [5.74, 6) is -9.66. The van der Waals surface area contributed by atoms with Crippen LogP contribution in [0.2, 0.25) is 15.1 Å². The number of ether oxygens (including phenoxy) is 2. The highest BCUT2D eigenvalue weighted by Gasteiger charge is 2.42. The van der Waals surface area contributed by atoms with Crippen LogP contribution in [0.3, 0.4) is 0 Å². The van der Waals surface area contributed by atoms with Crippen LogP contribution in [0.25, 0.3) is 0 Å². The average Bonchev–Trinajstić information content (AvgIpc) is 2.58. The third kappa shape index (κ3) is 4.91. The van der Waals surface area contributed by atoms with Gasteiger partial charge in [-0.15, -0.1) is 0 Å². The molecule has 0 aromatic heterocycles. The van der Waals surface area contributed by atoms with Gasteiger partial charge in [0.05, 0.1) is 35.0 Å². The summed E-state index contributed by atoms with van der Waals surface area (Å²) in [5, 5.41) is 2.15. The molecule has 1 aromatic rings. The zero-order valence-corrected chi connectivity index (χ0v) is 15.0. The molecule has 1 aromatic carbocycles. The Morgan fingerprint density at radius 1 is 0.880 bits per heavy atom. The minimum absolute atomic E-state index is 0.0315. The second-order valence-corrected chi connectivity index (χ2v) is 5.60. The minimum atomic E-state index is -2.31. The SMILES string of the molecule is COC(=O)C(=O)[C@@H](C(=O)OC)C(=O)C(=O)Nc1cc(Cl)c(Cl)cc1Cl. The van der Waals surface area contributed by atoms with Crippen molar-refractivity contribution in [3.05, 3.63) is 27.2 Å². The van der Waals surface area contributed by atoms with Gasteiger partial charge in [0.15, 0.2) is 5.92 Å². The molecule has 0 radical (unpaired) electrons. The standard InChI is InChI=1S/C14H10Cl3NO7/c1-24-13(22)9(11(20)14(23)25-2)10(19)12(21)18-8-4-6(16)5(15)3-7(8)17/h3-4,9H,1-2H3,(H,18,21)/t9-/m0/s1. The molecule has 0 saturated heterocycles. The molecule has 0 aliphatic heterocycles. The van der Waals surface area contributed by atoms with Crippen molar-refractivity contribution >= 4 is 69.9 Å². The molecule has 8 nitrogen and oxygen atoms in total. The van der Waals surface area contributed by atoms with Crippen molar-refractivity contribution in [3.8, 4) is 0 Å². The Labute approximate surface area is 156 Å². The maximum absolute atomic E-state index is 12.1. The lowest BCUT2D eigenvalue weighted by Crippen LogP contribution is -2.42. The van der Waals surface area contributed by atoms with Gasteiger partial charge < -0.3 is 14.8 Å². The first kappa shape index (κ1) is 20.9. The van der Waals surface area contributed by atoms with E-state index < -0.39 is 35.3 Å². The van der Waals surface area contributed by atoms with E-state index in [4.69, 9.17) is 34.8 Å². The van der Waals surface area contributed by atoms with Crippen molar-refractivity contribution in [2.75, 3.05) is 19.5 Å². The molecule has 0 aliphatic rings. The Morgan fingerprint density at radius 3 is 1.96 bits per heavy atom. The number of methoxy groups -OCH3 is 2. The van der Waals surface area contributed by atoms with Crippen molar-refractivity contribution in [3.63, 3.8) is 0 Å². The van der Waals surface area contributed by atoms with Gasteiger partial charge in [-0.1, -0.05) is 34.8 Å². The molecule has 0 aliphatic carbocycles. The summed E-state index contributed by atoms with van der Waals surface area (Å²) < 4.78 is 8.43. The third-order valence-corrected chi connectivity index (χ3v) is 3.86. The first-order valence-corrected chi connectivity index (χ1v) is 7.47. The van der Waals surface area contributed by atoms with Crippen molar-refractivity contribution in [2.24, 2.45) is 5.92 Å². The zero-order chi connectivity index (χ0) is 19.3. The van der Waals surface area contributed by atoms with Crippen LogP contribution in [-0.2, 0) is 33.4 Å². The Hall–Kier alpha value is -2.16. The first-order valence-electron chi connectivity index (χ1n) is 6.33. The summed E-state index contributed by atoms with van der Waals surface area (Å²) in [6.45, 7) is 0. The molecule has 0 bridgehead atoms. The van der Waals surface area contributed by atoms with Crippen LogP contribution in [0.4, 0.5) is 5.69 Å². The lowest BCUT2D eigenvalue weighted by Gasteiger charge is -2.12. The van der Waals surface area contributed by atoms with E-state index in [1.807, 2.05) is 0 Å². The Bertz CT molecular complexity index is 763.